The van der Waals surface area contributed by atoms with Crippen LogP contribution in [0.1, 0.15) is 0 Å². The van der Waals surface area contributed by atoms with Gasteiger partial charge in [-0.2, -0.15) is 0 Å². The minimum Gasteiger partial charge on any atom is -0.302 e. The van der Waals surface area contributed by atoms with Crippen molar-refractivity contribution in [1.29, 1.82) is 0 Å². The SMILES string of the molecule is O=C1CSCN1c1ccc(Br)cc1. The third-order valence-electron chi connectivity index (χ3n) is 1.89. The van der Waals surface area contributed by atoms with Crippen LogP contribution < -0.4 is 4.90 Å². The van der Waals surface area contributed by atoms with Crippen LogP contribution in [-0.4, -0.2) is 17.5 Å². The van der Waals surface area contributed by atoms with E-state index in [1.807, 2.05) is 24.3 Å². The van der Waals surface area contributed by atoms with Crippen LogP contribution in [0.15, 0.2) is 28.7 Å². The smallest absolute Gasteiger partial charge is 0.237 e. The van der Waals surface area contributed by atoms with E-state index in [2.05, 4.69) is 15.9 Å². The predicted octanol–water partition coefficient (Wildman–Crippen LogP) is 2.49. The summed E-state index contributed by atoms with van der Waals surface area (Å²) in [7, 11) is 0. The summed E-state index contributed by atoms with van der Waals surface area (Å²) in [4.78, 5) is 13.2. The molecular formula is C9H8BrNOS. The summed E-state index contributed by atoms with van der Waals surface area (Å²) in [5.74, 6) is 1.59. The van der Waals surface area contributed by atoms with E-state index in [1.165, 1.54) is 0 Å². The first-order chi connectivity index (χ1) is 6.27. The number of hydrogen-bond acceptors (Lipinski definition) is 2. The van der Waals surface area contributed by atoms with Gasteiger partial charge >= 0.3 is 0 Å². The Morgan fingerprint density at radius 2 is 2.00 bits per heavy atom. The van der Waals surface area contributed by atoms with E-state index in [0.29, 0.717) is 5.75 Å². The predicted molar refractivity (Wildman–Crippen MR) is 59.0 cm³/mol. The fourth-order valence-corrected chi connectivity index (χ4v) is 2.38. The number of thioether (sulfide) groups is 1. The molecule has 1 aromatic carbocycles. The van der Waals surface area contributed by atoms with Crippen molar-refractivity contribution in [2.24, 2.45) is 0 Å². The van der Waals surface area contributed by atoms with Gasteiger partial charge in [-0.15, -0.1) is 11.8 Å². The van der Waals surface area contributed by atoms with Gasteiger partial charge in [0.05, 0.1) is 11.6 Å². The van der Waals surface area contributed by atoms with Crippen LogP contribution >= 0.6 is 27.7 Å². The van der Waals surface area contributed by atoms with E-state index in [4.69, 9.17) is 0 Å². The maximum atomic E-state index is 11.4. The first kappa shape index (κ1) is 9.09. The standard InChI is InChI=1S/C9H8BrNOS/c10-7-1-3-8(4-2-7)11-6-13-5-9(11)12/h1-4H,5-6H2. The highest BCUT2D eigenvalue weighted by atomic mass is 79.9. The molecule has 0 spiro atoms. The second kappa shape index (κ2) is 3.72. The van der Waals surface area contributed by atoms with Crippen LogP contribution in [0.3, 0.4) is 0 Å². The molecule has 0 bridgehead atoms. The lowest BCUT2D eigenvalue weighted by atomic mass is 10.3. The molecule has 0 saturated carbocycles. The van der Waals surface area contributed by atoms with E-state index in [9.17, 15) is 4.79 Å². The Balaban J connectivity index is 2.25. The average Bonchev–Trinajstić information content (AvgIpc) is 2.53. The maximum Gasteiger partial charge on any atom is 0.237 e. The molecular weight excluding hydrogens is 250 g/mol. The molecule has 1 fully saturated rings. The van der Waals surface area contributed by atoms with E-state index in [-0.39, 0.29) is 5.91 Å². The van der Waals surface area contributed by atoms with Crippen molar-refractivity contribution in [3.63, 3.8) is 0 Å². The van der Waals surface area contributed by atoms with Crippen LogP contribution in [0.4, 0.5) is 5.69 Å². The molecule has 0 radical (unpaired) electrons. The zero-order valence-corrected chi connectivity index (χ0v) is 9.27. The number of rotatable bonds is 1. The number of amides is 1. The zero-order valence-electron chi connectivity index (χ0n) is 6.87. The Labute approximate surface area is 89.4 Å². The Morgan fingerprint density at radius 1 is 1.31 bits per heavy atom. The van der Waals surface area contributed by atoms with E-state index < -0.39 is 0 Å². The normalized spacial score (nSPS) is 16.7. The number of hydrogen-bond donors (Lipinski definition) is 0. The summed E-state index contributed by atoms with van der Waals surface area (Å²) >= 11 is 5.01. The summed E-state index contributed by atoms with van der Waals surface area (Å²) in [6, 6.07) is 7.80. The maximum absolute atomic E-state index is 11.4. The van der Waals surface area contributed by atoms with Crippen LogP contribution in [0, 0.1) is 0 Å². The van der Waals surface area contributed by atoms with Crippen molar-refractivity contribution in [2.75, 3.05) is 16.5 Å². The molecule has 0 aliphatic carbocycles. The van der Waals surface area contributed by atoms with Crippen molar-refractivity contribution in [3.8, 4) is 0 Å². The Bertz CT molecular complexity index is 325. The quantitative estimate of drug-likeness (QED) is 0.771. The van der Waals surface area contributed by atoms with Gasteiger partial charge in [0.2, 0.25) is 5.91 Å². The minimum absolute atomic E-state index is 0.201. The molecule has 0 N–H and O–H groups in total. The number of anilines is 1. The topological polar surface area (TPSA) is 20.3 Å². The second-order valence-electron chi connectivity index (χ2n) is 2.78. The van der Waals surface area contributed by atoms with E-state index in [1.54, 1.807) is 16.7 Å². The fraction of sp³-hybridized carbons (Fsp3) is 0.222. The van der Waals surface area contributed by atoms with Gasteiger partial charge in [-0.05, 0) is 24.3 Å². The van der Waals surface area contributed by atoms with Gasteiger partial charge in [0.1, 0.15) is 0 Å². The molecule has 1 aliphatic heterocycles. The lowest BCUT2D eigenvalue weighted by Crippen LogP contribution is -2.24. The number of carbonyl (C=O) groups is 1. The van der Waals surface area contributed by atoms with Gasteiger partial charge in [-0.1, -0.05) is 15.9 Å². The van der Waals surface area contributed by atoms with Crippen molar-refractivity contribution >= 4 is 39.3 Å². The van der Waals surface area contributed by atoms with Crippen LogP contribution in [0.5, 0.6) is 0 Å². The minimum atomic E-state index is 0.201. The van der Waals surface area contributed by atoms with Crippen molar-refractivity contribution < 1.29 is 4.79 Å². The third kappa shape index (κ3) is 1.89. The van der Waals surface area contributed by atoms with Crippen molar-refractivity contribution in [2.45, 2.75) is 0 Å². The average molecular weight is 258 g/mol. The van der Waals surface area contributed by atoms with Gasteiger partial charge in [0.25, 0.3) is 0 Å². The highest BCUT2D eigenvalue weighted by Gasteiger charge is 2.21. The summed E-state index contributed by atoms with van der Waals surface area (Å²) in [5, 5.41) is 0. The summed E-state index contributed by atoms with van der Waals surface area (Å²) < 4.78 is 1.04. The van der Waals surface area contributed by atoms with Gasteiger partial charge in [-0.25, -0.2) is 0 Å². The number of carbonyl (C=O) groups excluding carboxylic acids is 1. The first-order valence-electron chi connectivity index (χ1n) is 3.91. The number of halogens is 1. The van der Waals surface area contributed by atoms with Gasteiger partial charge in [-0.3, -0.25) is 4.79 Å². The molecule has 4 heteroatoms. The van der Waals surface area contributed by atoms with Gasteiger partial charge < -0.3 is 4.90 Å². The molecule has 13 heavy (non-hydrogen) atoms. The van der Waals surface area contributed by atoms with E-state index in [0.717, 1.165) is 16.0 Å². The highest BCUT2D eigenvalue weighted by Crippen LogP contribution is 2.24. The summed E-state index contributed by atoms with van der Waals surface area (Å²) in [6.45, 7) is 0. The van der Waals surface area contributed by atoms with Crippen LogP contribution in [0.25, 0.3) is 0 Å². The van der Waals surface area contributed by atoms with Crippen LogP contribution in [0.2, 0.25) is 0 Å². The number of benzene rings is 1. The monoisotopic (exact) mass is 257 g/mol. The lowest BCUT2D eigenvalue weighted by Gasteiger charge is -2.14. The fourth-order valence-electron chi connectivity index (χ4n) is 1.21. The molecule has 1 saturated heterocycles. The third-order valence-corrected chi connectivity index (χ3v) is 3.31. The van der Waals surface area contributed by atoms with Gasteiger partial charge in [0.15, 0.2) is 0 Å². The molecule has 2 nitrogen and oxygen atoms in total. The van der Waals surface area contributed by atoms with Crippen molar-refractivity contribution in [1.82, 2.24) is 0 Å². The second-order valence-corrected chi connectivity index (χ2v) is 4.65. The molecule has 0 atom stereocenters. The van der Waals surface area contributed by atoms with Crippen molar-refractivity contribution in [3.05, 3.63) is 28.7 Å². The summed E-state index contributed by atoms with van der Waals surface area (Å²) in [6.07, 6.45) is 0. The van der Waals surface area contributed by atoms with E-state index >= 15 is 0 Å². The Kier molecular flexibility index (Phi) is 2.60. The Morgan fingerprint density at radius 3 is 2.54 bits per heavy atom. The first-order valence-corrected chi connectivity index (χ1v) is 5.86. The highest BCUT2D eigenvalue weighted by molar-refractivity contribution is 9.10. The Hall–Kier alpha value is -0.480. The molecule has 1 aromatic rings. The molecule has 0 unspecified atom stereocenters. The molecule has 68 valence electrons. The molecule has 1 heterocycles. The lowest BCUT2D eigenvalue weighted by molar-refractivity contribution is -0.115. The van der Waals surface area contributed by atoms with Gasteiger partial charge in [0, 0.05) is 10.2 Å². The molecule has 0 aromatic heterocycles. The molecule has 2 rings (SSSR count). The summed E-state index contributed by atoms with van der Waals surface area (Å²) in [5.41, 5.74) is 0.984. The largest absolute Gasteiger partial charge is 0.302 e. The number of nitrogens with zero attached hydrogens (tertiary/aromatic N) is 1. The molecule has 1 amide bonds. The molecule has 1 aliphatic rings. The van der Waals surface area contributed by atoms with Crippen LogP contribution in [-0.2, 0) is 4.79 Å². The zero-order chi connectivity index (χ0) is 9.26.